The first kappa shape index (κ1) is 19.7. The smallest absolute Gasteiger partial charge is 0.308 e. The van der Waals surface area contributed by atoms with Crippen LogP contribution in [0.25, 0.3) is 0 Å². The number of hydrogen-bond acceptors (Lipinski definition) is 4. The zero-order valence-corrected chi connectivity index (χ0v) is 14.3. The number of carboxylic acid groups (broad SMARTS) is 1. The number of nitrogens with zero attached hydrogens (tertiary/aromatic N) is 1. The average Bonchev–Trinajstić information content (AvgIpc) is 2.52. The molecule has 0 aliphatic heterocycles. The van der Waals surface area contributed by atoms with E-state index in [0.717, 1.165) is 25.7 Å². The molecule has 0 aliphatic carbocycles. The van der Waals surface area contributed by atoms with Crippen molar-refractivity contribution in [2.75, 3.05) is 13.6 Å². The molecule has 0 aliphatic rings. The van der Waals surface area contributed by atoms with Gasteiger partial charge in [-0.2, -0.15) is 0 Å². The lowest BCUT2D eigenvalue weighted by Crippen LogP contribution is -2.28. The van der Waals surface area contributed by atoms with Crippen molar-refractivity contribution in [3.8, 4) is 5.75 Å². The molecule has 0 heterocycles. The Labute approximate surface area is 142 Å². The number of carbonyl (C=O) groups is 3. The van der Waals surface area contributed by atoms with Crippen LogP contribution in [0.3, 0.4) is 0 Å². The van der Waals surface area contributed by atoms with Crippen LogP contribution in [0.2, 0.25) is 0 Å². The van der Waals surface area contributed by atoms with E-state index in [2.05, 4.69) is 0 Å². The number of para-hydroxylation sites is 1. The van der Waals surface area contributed by atoms with Gasteiger partial charge in [0.2, 0.25) is 0 Å². The topological polar surface area (TPSA) is 83.9 Å². The second-order valence-electron chi connectivity index (χ2n) is 5.73. The highest BCUT2D eigenvalue weighted by Crippen LogP contribution is 2.20. The molecule has 132 valence electrons. The first-order chi connectivity index (χ1) is 11.4. The van der Waals surface area contributed by atoms with Gasteiger partial charge in [0.25, 0.3) is 5.91 Å². The number of esters is 1. The third-order valence-electron chi connectivity index (χ3n) is 3.60. The fourth-order valence-corrected chi connectivity index (χ4v) is 2.35. The Morgan fingerprint density at radius 2 is 1.67 bits per heavy atom. The Bertz CT molecular complexity index is 570. The first-order valence-corrected chi connectivity index (χ1v) is 8.16. The monoisotopic (exact) mass is 335 g/mol. The minimum Gasteiger partial charge on any atom is -0.481 e. The molecule has 0 spiro atoms. The summed E-state index contributed by atoms with van der Waals surface area (Å²) in [5.41, 5.74) is 0.372. The zero-order chi connectivity index (χ0) is 17.9. The van der Waals surface area contributed by atoms with Crippen LogP contribution in [-0.2, 0) is 9.59 Å². The van der Waals surface area contributed by atoms with Crippen molar-refractivity contribution in [2.24, 2.45) is 0 Å². The van der Waals surface area contributed by atoms with Crippen LogP contribution in [0.4, 0.5) is 0 Å². The molecule has 0 saturated heterocycles. The highest BCUT2D eigenvalue weighted by atomic mass is 16.5. The number of benzene rings is 1. The number of rotatable bonds is 10. The van der Waals surface area contributed by atoms with Gasteiger partial charge in [-0.15, -0.1) is 0 Å². The Morgan fingerprint density at radius 3 is 2.33 bits per heavy atom. The van der Waals surface area contributed by atoms with E-state index in [1.165, 1.54) is 6.92 Å². The van der Waals surface area contributed by atoms with Gasteiger partial charge in [0.15, 0.2) is 0 Å². The largest absolute Gasteiger partial charge is 0.481 e. The minimum atomic E-state index is -0.758. The predicted octanol–water partition coefficient (Wildman–Crippen LogP) is 3.11. The molecule has 1 amide bonds. The Morgan fingerprint density at radius 1 is 1.04 bits per heavy atom. The normalized spacial score (nSPS) is 10.2. The lowest BCUT2D eigenvalue weighted by molar-refractivity contribution is -0.137. The minimum absolute atomic E-state index is 0.183. The summed E-state index contributed by atoms with van der Waals surface area (Å²) in [6.07, 6.45) is 4.55. The highest BCUT2D eigenvalue weighted by molar-refractivity contribution is 5.97. The number of unbranched alkanes of at least 4 members (excludes halogenated alkanes) is 4. The van der Waals surface area contributed by atoms with Crippen LogP contribution in [-0.4, -0.2) is 41.4 Å². The van der Waals surface area contributed by atoms with E-state index in [-0.39, 0.29) is 18.1 Å². The van der Waals surface area contributed by atoms with Gasteiger partial charge in [-0.3, -0.25) is 14.4 Å². The van der Waals surface area contributed by atoms with Gasteiger partial charge in [0.05, 0.1) is 5.56 Å². The van der Waals surface area contributed by atoms with Crippen molar-refractivity contribution in [1.29, 1.82) is 0 Å². The van der Waals surface area contributed by atoms with Gasteiger partial charge in [0.1, 0.15) is 5.75 Å². The number of carbonyl (C=O) groups excluding carboxylic acids is 2. The van der Waals surface area contributed by atoms with Gasteiger partial charge >= 0.3 is 11.9 Å². The van der Waals surface area contributed by atoms with E-state index >= 15 is 0 Å². The standard InChI is InChI=1S/C18H25NO5/c1-14(20)24-16-11-8-7-10-15(16)18(23)19(2)13-9-5-3-4-6-12-17(21)22/h7-8,10-11H,3-6,9,12-13H2,1-2H3,(H,21,22). The average molecular weight is 335 g/mol. The zero-order valence-electron chi connectivity index (χ0n) is 14.3. The maximum atomic E-state index is 12.5. The first-order valence-electron chi connectivity index (χ1n) is 8.16. The molecule has 0 fully saturated rings. The third kappa shape index (κ3) is 7.26. The molecule has 1 aromatic rings. The van der Waals surface area contributed by atoms with Crippen LogP contribution in [0, 0.1) is 0 Å². The van der Waals surface area contributed by atoms with Crippen LogP contribution >= 0.6 is 0 Å². The summed E-state index contributed by atoms with van der Waals surface area (Å²) < 4.78 is 5.07. The summed E-state index contributed by atoms with van der Waals surface area (Å²) in [6.45, 7) is 1.90. The fraction of sp³-hybridized carbons (Fsp3) is 0.500. The molecule has 1 N–H and O–H groups in total. The van der Waals surface area contributed by atoms with Crippen LogP contribution in [0.1, 0.15) is 55.8 Å². The summed E-state index contributed by atoms with van der Waals surface area (Å²) in [6, 6.07) is 6.69. The lowest BCUT2D eigenvalue weighted by atomic mass is 10.1. The summed E-state index contributed by atoms with van der Waals surface area (Å²) in [5, 5.41) is 8.56. The number of amides is 1. The number of aliphatic carboxylic acids is 1. The van der Waals surface area contributed by atoms with E-state index in [0.29, 0.717) is 18.5 Å². The van der Waals surface area contributed by atoms with Gasteiger partial charge in [-0.1, -0.05) is 31.4 Å². The maximum Gasteiger partial charge on any atom is 0.308 e. The Hall–Kier alpha value is -2.37. The molecule has 0 unspecified atom stereocenters. The molecular weight excluding hydrogens is 310 g/mol. The number of carboxylic acids is 1. The van der Waals surface area contributed by atoms with Crippen molar-refractivity contribution >= 4 is 17.8 Å². The highest BCUT2D eigenvalue weighted by Gasteiger charge is 2.17. The molecule has 0 radical (unpaired) electrons. The van der Waals surface area contributed by atoms with Crippen LogP contribution in [0.15, 0.2) is 24.3 Å². The molecule has 0 saturated carbocycles. The molecule has 0 atom stereocenters. The number of ether oxygens (including phenoxy) is 1. The number of hydrogen-bond donors (Lipinski definition) is 1. The quantitative estimate of drug-likeness (QED) is 0.403. The predicted molar refractivity (Wildman–Crippen MR) is 90.0 cm³/mol. The molecule has 1 aromatic carbocycles. The lowest BCUT2D eigenvalue weighted by Gasteiger charge is -2.18. The summed E-state index contributed by atoms with van der Waals surface area (Å²) in [5.74, 6) is -1.13. The van der Waals surface area contributed by atoms with E-state index in [1.807, 2.05) is 0 Å². The third-order valence-corrected chi connectivity index (χ3v) is 3.60. The molecule has 6 heteroatoms. The van der Waals surface area contributed by atoms with Crippen molar-refractivity contribution in [3.63, 3.8) is 0 Å². The van der Waals surface area contributed by atoms with Gasteiger partial charge in [-0.05, 0) is 25.0 Å². The Kier molecular flexibility index (Phi) is 8.54. The summed E-state index contributed by atoms with van der Waals surface area (Å²) >= 11 is 0. The van der Waals surface area contributed by atoms with E-state index in [1.54, 1.807) is 36.2 Å². The molecule has 1 rings (SSSR count). The van der Waals surface area contributed by atoms with Gasteiger partial charge < -0.3 is 14.7 Å². The molecule has 0 aromatic heterocycles. The second-order valence-corrected chi connectivity index (χ2v) is 5.73. The van der Waals surface area contributed by atoms with E-state index in [4.69, 9.17) is 9.84 Å². The molecule has 0 bridgehead atoms. The fourth-order valence-electron chi connectivity index (χ4n) is 2.35. The van der Waals surface area contributed by atoms with Crippen molar-refractivity contribution < 1.29 is 24.2 Å². The van der Waals surface area contributed by atoms with Crippen molar-refractivity contribution in [3.05, 3.63) is 29.8 Å². The molecular formula is C18H25NO5. The van der Waals surface area contributed by atoms with E-state index < -0.39 is 11.9 Å². The molecule has 6 nitrogen and oxygen atoms in total. The van der Waals surface area contributed by atoms with E-state index in [9.17, 15) is 14.4 Å². The maximum absolute atomic E-state index is 12.5. The SMILES string of the molecule is CC(=O)Oc1ccccc1C(=O)N(C)CCCCCCCC(=O)O. The van der Waals surface area contributed by atoms with Crippen LogP contribution in [0.5, 0.6) is 5.75 Å². The second kappa shape index (κ2) is 10.4. The summed E-state index contributed by atoms with van der Waals surface area (Å²) in [7, 11) is 1.72. The molecule has 24 heavy (non-hydrogen) atoms. The Balaban J connectivity index is 2.40. The summed E-state index contributed by atoms with van der Waals surface area (Å²) in [4.78, 5) is 35.6. The van der Waals surface area contributed by atoms with Gasteiger partial charge in [-0.25, -0.2) is 0 Å². The van der Waals surface area contributed by atoms with Crippen molar-refractivity contribution in [1.82, 2.24) is 4.90 Å². The van der Waals surface area contributed by atoms with Crippen LogP contribution < -0.4 is 4.74 Å². The van der Waals surface area contributed by atoms with Crippen molar-refractivity contribution in [2.45, 2.75) is 45.4 Å². The van der Waals surface area contributed by atoms with Gasteiger partial charge in [0, 0.05) is 26.9 Å².